The minimum Gasteiger partial charge on any atom is -0.507 e. The van der Waals surface area contributed by atoms with Crippen LogP contribution in [0.4, 0.5) is 14.7 Å². The molecule has 1 amide bonds. The summed E-state index contributed by atoms with van der Waals surface area (Å²) in [6.45, 7) is 0. The Labute approximate surface area is 203 Å². The second kappa shape index (κ2) is 8.81. The molecule has 1 saturated heterocycles. The number of carbonyl (C=O) groups is 2. The number of amides is 1. The molecule has 0 bridgehead atoms. The number of imidazole rings is 1. The smallest absolute Gasteiger partial charge is 0.302 e. The standard InChI is InChI=1S/C26H19F2N3O5/c1-35-15-7-3-5-13(9-15)22-21(23(32)14-6-4-8-16(10-14)36-2)24(33)25(34)31(22)26-29-19-11-17(27)18(28)12-20(19)30-26/h3-12,22,32H,1-2H3,(H,29,30)/b23-21+. The number of carbonyl (C=O) groups excluding carboxylic acids is 2. The van der Waals surface area contributed by atoms with Crippen molar-refractivity contribution >= 4 is 34.4 Å². The van der Waals surface area contributed by atoms with E-state index in [2.05, 4.69) is 9.97 Å². The monoisotopic (exact) mass is 491 g/mol. The summed E-state index contributed by atoms with van der Waals surface area (Å²) in [5.74, 6) is -3.79. The van der Waals surface area contributed by atoms with Crippen molar-refractivity contribution in [3.05, 3.63) is 89.0 Å². The van der Waals surface area contributed by atoms with Gasteiger partial charge in [-0.15, -0.1) is 0 Å². The lowest BCUT2D eigenvalue weighted by atomic mass is 9.95. The summed E-state index contributed by atoms with van der Waals surface area (Å²) in [6.07, 6.45) is 0. The van der Waals surface area contributed by atoms with Crippen LogP contribution in [0.15, 0.2) is 66.2 Å². The maximum atomic E-state index is 13.8. The lowest BCUT2D eigenvalue weighted by Gasteiger charge is -2.23. The molecule has 1 aromatic heterocycles. The van der Waals surface area contributed by atoms with E-state index in [-0.39, 0.29) is 28.1 Å². The predicted molar refractivity (Wildman–Crippen MR) is 127 cm³/mol. The number of anilines is 1. The van der Waals surface area contributed by atoms with Crippen LogP contribution in [0, 0.1) is 11.6 Å². The summed E-state index contributed by atoms with van der Waals surface area (Å²) in [5, 5.41) is 11.2. The summed E-state index contributed by atoms with van der Waals surface area (Å²) >= 11 is 0. The van der Waals surface area contributed by atoms with Crippen molar-refractivity contribution in [2.75, 3.05) is 19.1 Å². The Morgan fingerprint density at radius 3 is 2.36 bits per heavy atom. The van der Waals surface area contributed by atoms with E-state index in [4.69, 9.17) is 9.47 Å². The highest BCUT2D eigenvalue weighted by Gasteiger charge is 2.48. The highest BCUT2D eigenvalue weighted by Crippen LogP contribution is 2.42. The first kappa shape index (κ1) is 23.0. The molecule has 2 N–H and O–H groups in total. The lowest BCUT2D eigenvalue weighted by Crippen LogP contribution is -2.30. The number of hydrogen-bond acceptors (Lipinski definition) is 6. The first-order chi connectivity index (χ1) is 17.3. The van der Waals surface area contributed by atoms with Crippen molar-refractivity contribution in [1.29, 1.82) is 0 Å². The number of halogens is 2. The minimum atomic E-state index is -1.12. The third-order valence-electron chi connectivity index (χ3n) is 5.94. The van der Waals surface area contributed by atoms with Gasteiger partial charge in [-0.1, -0.05) is 24.3 Å². The number of Topliss-reactive ketones (excluding diaryl/α,β-unsaturated/α-hetero) is 1. The second-order valence-electron chi connectivity index (χ2n) is 8.02. The highest BCUT2D eigenvalue weighted by atomic mass is 19.2. The molecule has 0 saturated carbocycles. The predicted octanol–water partition coefficient (Wildman–Crippen LogP) is 4.48. The van der Waals surface area contributed by atoms with E-state index < -0.39 is 35.1 Å². The van der Waals surface area contributed by atoms with Crippen LogP contribution in [-0.2, 0) is 9.59 Å². The van der Waals surface area contributed by atoms with Gasteiger partial charge in [0, 0.05) is 17.7 Å². The van der Waals surface area contributed by atoms with E-state index in [1.165, 1.54) is 20.3 Å². The van der Waals surface area contributed by atoms with Crippen molar-refractivity contribution in [1.82, 2.24) is 9.97 Å². The van der Waals surface area contributed by atoms with Gasteiger partial charge in [0.05, 0.1) is 36.9 Å². The van der Waals surface area contributed by atoms with Gasteiger partial charge in [0.15, 0.2) is 11.6 Å². The number of fused-ring (bicyclic) bond motifs is 1. The van der Waals surface area contributed by atoms with Crippen molar-refractivity contribution in [2.45, 2.75) is 6.04 Å². The number of aromatic nitrogens is 2. The van der Waals surface area contributed by atoms with Crippen LogP contribution in [0.1, 0.15) is 17.2 Å². The van der Waals surface area contributed by atoms with Gasteiger partial charge in [0.25, 0.3) is 5.78 Å². The molecule has 0 radical (unpaired) electrons. The zero-order chi connectivity index (χ0) is 25.6. The molecule has 5 rings (SSSR count). The fraction of sp³-hybridized carbons (Fsp3) is 0.115. The van der Waals surface area contributed by atoms with E-state index in [0.717, 1.165) is 17.0 Å². The van der Waals surface area contributed by atoms with Gasteiger partial charge < -0.3 is 19.6 Å². The van der Waals surface area contributed by atoms with Crippen molar-refractivity contribution in [3.63, 3.8) is 0 Å². The van der Waals surface area contributed by atoms with E-state index in [0.29, 0.717) is 17.1 Å². The molecular formula is C26H19F2N3O5. The number of ether oxygens (including phenoxy) is 2. The average Bonchev–Trinajstić information content (AvgIpc) is 3.41. The summed E-state index contributed by atoms with van der Waals surface area (Å²) in [5.41, 5.74) is 0.690. The van der Waals surface area contributed by atoms with E-state index >= 15 is 0 Å². The van der Waals surface area contributed by atoms with Gasteiger partial charge >= 0.3 is 5.91 Å². The van der Waals surface area contributed by atoms with Gasteiger partial charge in [0.1, 0.15) is 17.3 Å². The third kappa shape index (κ3) is 3.72. The minimum absolute atomic E-state index is 0.0583. The first-order valence-corrected chi connectivity index (χ1v) is 10.8. The Bertz CT molecular complexity index is 1520. The van der Waals surface area contributed by atoms with Gasteiger partial charge in [-0.05, 0) is 29.8 Å². The Morgan fingerprint density at radius 1 is 0.972 bits per heavy atom. The number of benzene rings is 3. The highest BCUT2D eigenvalue weighted by molar-refractivity contribution is 6.51. The van der Waals surface area contributed by atoms with Gasteiger partial charge in [-0.3, -0.25) is 14.5 Å². The number of methoxy groups -OCH3 is 2. The number of aliphatic hydroxyl groups is 1. The molecule has 1 atom stereocenters. The molecule has 10 heteroatoms. The van der Waals surface area contributed by atoms with Gasteiger partial charge in [-0.25, -0.2) is 13.8 Å². The Kier molecular flexibility index (Phi) is 5.63. The van der Waals surface area contributed by atoms with E-state index in [1.54, 1.807) is 42.5 Å². The summed E-state index contributed by atoms with van der Waals surface area (Å²) in [6, 6.07) is 13.7. The molecular weight excluding hydrogens is 472 g/mol. The van der Waals surface area contributed by atoms with Gasteiger partial charge in [0.2, 0.25) is 5.95 Å². The number of H-pyrrole nitrogens is 1. The number of nitrogens with one attached hydrogen (secondary N) is 1. The van der Waals surface area contributed by atoms with E-state index in [9.17, 15) is 23.5 Å². The number of ketones is 1. The Morgan fingerprint density at radius 2 is 1.64 bits per heavy atom. The number of rotatable bonds is 5. The van der Waals surface area contributed by atoms with Crippen LogP contribution in [0.5, 0.6) is 11.5 Å². The zero-order valence-corrected chi connectivity index (χ0v) is 19.1. The van der Waals surface area contributed by atoms with E-state index in [1.807, 2.05) is 0 Å². The fourth-order valence-corrected chi connectivity index (χ4v) is 4.21. The second-order valence-corrected chi connectivity index (χ2v) is 8.02. The van der Waals surface area contributed by atoms with Crippen molar-refractivity contribution in [2.24, 2.45) is 0 Å². The molecule has 1 fully saturated rings. The van der Waals surface area contributed by atoms with Crippen LogP contribution < -0.4 is 14.4 Å². The number of hydrogen-bond donors (Lipinski definition) is 2. The summed E-state index contributed by atoms with van der Waals surface area (Å²) in [7, 11) is 2.93. The molecule has 1 unspecified atom stereocenters. The van der Waals surface area contributed by atoms with Crippen LogP contribution in [0.25, 0.3) is 16.8 Å². The fourth-order valence-electron chi connectivity index (χ4n) is 4.21. The van der Waals surface area contributed by atoms with Crippen LogP contribution >= 0.6 is 0 Å². The zero-order valence-electron chi connectivity index (χ0n) is 19.1. The Hall–Kier alpha value is -4.73. The molecule has 0 spiro atoms. The first-order valence-electron chi connectivity index (χ1n) is 10.8. The molecule has 2 heterocycles. The molecule has 1 aliphatic rings. The lowest BCUT2D eigenvalue weighted by molar-refractivity contribution is -0.132. The van der Waals surface area contributed by atoms with Crippen LogP contribution in [0.3, 0.4) is 0 Å². The molecule has 4 aromatic rings. The number of aliphatic hydroxyl groups excluding tert-OH is 1. The molecule has 8 nitrogen and oxygen atoms in total. The largest absolute Gasteiger partial charge is 0.507 e. The summed E-state index contributed by atoms with van der Waals surface area (Å²) < 4.78 is 38.1. The van der Waals surface area contributed by atoms with Crippen molar-refractivity contribution in [3.8, 4) is 11.5 Å². The Balaban J connectivity index is 1.74. The maximum absolute atomic E-state index is 13.8. The molecule has 3 aromatic carbocycles. The quantitative estimate of drug-likeness (QED) is 0.242. The van der Waals surface area contributed by atoms with Crippen molar-refractivity contribution < 1.29 is 33.0 Å². The third-order valence-corrected chi connectivity index (χ3v) is 5.94. The molecule has 36 heavy (non-hydrogen) atoms. The topological polar surface area (TPSA) is 105 Å². The molecule has 1 aliphatic heterocycles. The maximum Gasteiger partial charge on any atom is 0.302 e. The molecule has 182 valence electrons. The SMILES string of the molecule is COc1cccc(/C(O)=C2\C(=O)C(=O)N(c3nc4cc(F)c(F)cc4[nH]3)C2c2cccc(OC)c2)c1. The molecule has 0 aliphatic carbocycles. The summed E-state index contributed by atoms with van der Waals surface area (Å²) in [4.78, 5) is 34.6. The number of aromatic amines is 1. The normalized spacial score (nSPS) is 17.1. The van der Waals surface area contributed by atoms with Crippen LogP contribution in [0.2, 0.25) is 0 Å². The van der Waals surface area contributed by atoms with Crippen LogP contribution in [-0.4, -0.2) is 41.0 Å². The average molecular weight is 491 g/mol. The van der Waals surface area contributed by atoms with Gasteiger partial charge in [-0.2, -0.15) is 0 Å². The number of nitrogens with zero attached hydrogens (tertiary/aromatic N) is 2.